The summed E-state index contributed by atoms with van der Waals surface area (Å²) in [5.74, 6) is 0. The molecule has 0 saturated carbocycles. The van der Waals surface area contributed by atoms with Gasteiger partial charge in [0, 0.05) is 24.7 Å². The molecule has 1 fully saturated rings. The Labute approximate surface area is 137 Å². The first-order valence-corrected chi connectivity index (χ1v) is 8.39. The van der Waals surface area contributed by atoms with Gasteiger partial charge in [-0.1, -0.05) is 31.8 Å². The fraction of sp³-hybridized carbons (Fsp3) is 1.00. The van der Waals surface area contributed by atoms with Gasteiger partial charge in [0.2, 0.25) is 0 Å². The van der Waals surface area contributed by atoms with Crippen LogP contribution >= 0.6 is 0 Å². The molecule has 1 heterocycles. The van der Waals surface area contributed by atoms with Gasteiger partial charge in [-0.25, -0.2) is 0 Å². The van der Waals surface area contributed by atoms with Crippen LogP contribution in [0.5, 0.6) is 0 Å². The first-order chi connectivity index (χ1) is 11.2. The summed E-state index contributed by atoms with van der Waals surface area (Å²) >= 11 is 0. The molecule has 0 aromatic heterocycles. The van der Waals surface area contributed by atoms with Crippen LogP contribution in [0, 0.1) is 0 Å². The van der Waals surface area contributed by atoms with Crippen LogP contribution in [0.25, 0.3) is 10.4 Å². The minimum absolute atomic E-state index is 0.214. The predicted octanol–water partition coefficient (Wildman–Crippen LogP) is 2.40. The first kappa shape index (κ1) is 20.2. The maximum atomic E-state index is 10.4. The molecular weight excluding hydrogens is 302 g/mol. The van der Waals surface area contributed by atoms with Gasteiger partial charge in [-0.05, 0) is 18.4 Å². The fourth-order valence-electron chi connectivity index (χ4n) is 2.22. The number of ether oxygens (including phenoxy) is 4. The third-order valence-corrected chi connectivity index (χ3v) is 3.56. The lowest BCUT2D eigenvalue weighted by Crippen LogP contribution is -2.38. The van der Waals surface area contributed by atoms with E-state index in [2.05, 4.69) is 23.9 Å². The second-order valence-electron chi connectivity index (χ2n) is 5.48. The van der Waals surface area contributed by atoms with Crippen LogP contribution in [0.4, 0.5) is 0 Å². The van der Waals surface area contributed by atoms with Crippen molar-refractivity contribution in [2.75, 3.05) is 33.0 Å². The van der Waals surface area contributed by atoms with Gasteiger partial charge in [0.25, 0.3) is 0 Å². The highest BCUT2D eigenvalue weighted by molar-refractivity contribution is 4.88. The van der Waals surface area contributed by atoms with Crippen LogP contribution in [0.1, 0.15) is 39.5 Å². The van der Waals surface area contributed by atoms with E-state index >= 15 is 0 Å². The molecule has 0 aromatic rings. The number of hydrogen-bond acceptors (Lipinski definition) is 6. The molecule has 0 amide bonds. The third-order valence-electron chi connectivity index (χ3n) is 3.56. The average molecular weight is 331 g/mol. The number of rotatable bonds is 13. The molecule has 1 aliphatic rings. The summed E-state index contributed by atoms with van der Waals surface area (Å²) in [6.07, 6.45) is 1.47. The summed E-state index contributed by atoms with van der Waals surface area (Å²) in [4.78, 5) is 2.67. The minimum atomic E-state index is -0.794. The molecular formula is C15H29N3O5. The van der Waals surface area contributed by atoms with E-state index in [0.717, 1.165) is 25.7 Å². The Balaban J connectivity index is 2.47. The van der Waals surface area contributed by atoms with Gasteiger partial charge in [-0.2, -0.15) is 0 Å². The summed E-state index contributed by atoms with van der Waals surface area (Å²) in [6.45, 7) is 6.10. The van der Waals surface area contributed by atoms with Crippen molar-refractivity contribution in [1.82, 2.24) is 0 Å². The lowest BCUT2D eigenvalue weighted by atomic mass is 10.1. The van der Waals surface area contributed by atoms with Gasteiger partial charge < -0.3 is 24.1 Å². The largest absolute Gasteiger partial charge is 0.387 e. The molecule has 1 unspecified atom stereocenters. The number of azide groups is 1. The van der Waals surface area contributed by atoms with Crippen LogP contribution in [0.15, 0.2) is 5.11 Å². The molecule has 0 aliphatic carbocycles. The third kappa shape index (κ3) is 7.48. The Morgan fingerprint density at radius 2 is 1.87 bits per heavy atom. The Hall–Kier alpha value is -0.890. The highest BCUT2D eigenvalue weighted by Gasteiger charge is 2.45. The number of aliphatic hydroxyl groups is 1. The number of nitrogens with zero attached hydrogens (tertiary/aromatic N) is 3. The zero-order valence-electron chi connectivity index (χ0n) is 14.1. The molecule has 134 valence electrons. The van der Waals surface area contributed by atoms with E-state index in [9.17, 15) is 5.11 Å². The number of unbranched alkanes of at least 4 members (excludes halogenated alkanes) is 2. The quantitative estimate of drug-likeness (QED) is 0.241. The van der Waals surface area contributed by atoms with Gasteiger partial charge in [-0.3, -0.25) is 0 Å². The van der Waals surface area contributed by atoms with Gasteiger partial charge in [-0.15, -0.1) is 0 Å². The molecule has 1 N–H and O–H groups in total. The second kappa shape index (κ2) is 12.5. The number of hydrogen-bond donors (Lipinski definition) is 1. The molecule has 1 aliphatic heterocycles. The average Bonchev–Trinajstić information content (AvgIpc) is 2.85. The van der Waals surface area contributed by atoms with Gasteiger partial charge in [0.05, 0.1) is 13.2 Å². The SMILES string of the molecule is CCCCOC[C@H]1O[C@@H](OCCN=[N+]=[N-])[C@@H](OCCCC)C1O. The summed E-state index contributed by atoms with van der Waals surface area (Å²) in [5.41, 5.74) is 8.27. The molecule has 23 heavy (non-hydrogen) atoms. The molecule has 8 nitrogen and oxygen atoms in total. The highest BCUT2D eigenvalue weighted by atomic mass is 16.7. The van der Waals surface area contributed by atoms with Crippen LogP contribution in [0.3, 0.4) is 0 Å². The van der Waals surface area contributed by atoms with Crippen LogP contribution in [-0.2, 0) is 18.9 Å². The van der Waals surface area contributed by atoms with E-state index in [0.29, 0.717) is 19.8 Å². The standard InChI is InChI=1S/C15H29N3O5/c1-3-5-8-20-11-12-13(19)14(21-9-6-4-2)15(23-12)22-10-7-17-18-16/h12-15,19H,3-11H2,1-2H3/t12-,13?,14+,15-/m1/s1. The smallest absolute Gasteiger partial charge is 0.186 e. The lowest BCUT2D eigenvalue weighted by molar-refractivity contribution is -0.180. The van der Waals surface area contributed by atoms with Crippen molar-refractivity contribution in [3.05, 3.63) is 10.4 Å². The molecule has 1 rings (SSSR count). The molecule has 0 bridgehead atoms. The molecule has 0 radical (unpaired) electrons. The highest BCUT2D eigenvalue weighted by Crippen LogP contribution is 2.25. The van der Waals surface area contributed by atoms with Crippen LogP contribution < -0.4 is 0 Å². The minimum Gasteiger partial charge on any atom is -0.387 e. The van der Waals surface area contributed by atoms with Crippen molar-refractivity contribution in [2.24, 2.45) is 5.11 Å². The maximum Gasteiger partial charge on any atom is 0.186 e. The van der Waals surface area contributed by atoms with E-state index in [1.54, 1.807) is 0 Å². The van der Waals surface area contributed by atoms with Crippen LogP contribution in [-0.4, -0.2) is 62.7 Å². The Bertz CT molecular complexity index is 352. The van der Waals surface area contributed by atoms with Gasteiger partial charge in [0.1, 0.15) is 18.3 Å². The summed E-state index contributed by atoms with van der Waals surface area (Å²) < 4.78 is 22.5. The monoisotopic (exact) mass is 331 g/mol. The van der Waals surface area contributed by atoms with Crippen molar-refractivity contribution in [3.63, 3.8) is 0 Å². The van der Waals surface area contributed by atoms with Gasteiger partial charge >= 0.3 is 0 Å². The number of aliphatic hydroxyl groups excluding tert-OH is 1. The topological polar surface area (TPSA) is 106 Å². The predicted molar refractivity (Wildman–Crippen MR) is 85.0 cm³/mol. The summed E-state index contributed by atoms with van der Waals surface area (Å²) in [5, 5.41) is 13.8. The van der Waals surface area contributed by atoms with E-state index in [1.807, 2.05) is 0 Å². The van der Waals surface area contributed by atoms with Gasteiger partial charge in [0.15, 0.2) is 6.29 Å². The first-order valence-electron chi connectivity index (χ1n) is 8.39. The Morgan fingerprint density at radius 3 is 2.57 bits per heavy atom. The van der Waals surface area contributed by atoms with Crippen molar-refractivity contribution in [1.29, 1.82) is 0 Å². The van der Waals surface area contributed by atoms with Crippen molar-refractivity contribution >= 4 is 0 Å². The van der Waals surface area contributed by atoms with E-state index in [-0.39, 0.29) is 13.2 Å². The van der Waals surface area contributed by atoms with Crippen molar-refractivity contribution < 1.29 is 24.1 Å². The van der Waals surface area contributed by atoms with E-state index in [1.165, 1.54) is 0 Å². The molecule has 8 heteroatoms. The summed E-state index contributed by atoms with van der Waals surface area (Å²) in [7, 11) is 0. The fourth-order valence-corrected chi connectivity index (χ4v) is 2.22. The molecule has 0 aromatic carbocycles. The zero-order chi connectivity index (χ0) is 16.9. The summed E-state index contributed by atoms with van der Waals surface area (Å²) in [6, 6.07) is 0. The van der Waals surface area contributed by atoms with E-state index in [4.69, 9.17) is 24.5 Å². The van der Waals surface area contributed by atoms with Crippen molar-refractivity contribution in [2.45, 2.75) is 64.1 Å². The molecule has 0 spiro atoms. The zero-order valence-corrected chi connectivity index (χ0v) is 14.1. The van der Waals surface area contributed by atoms with Crippen LogP contribution in [0.2, 0.25) is 0 Å². The van der Waals surface area contributed by atoms with Crippen molar-refractivity contribution in [3.8, 4) is 0 Å². The second-order valence-corrected chi connectivity index (χ2v) is 5.48. The maximum absolute atomic E-state index is 10.4. The lowest BCUT2D eigenvalue weighted by Gasteiger charge is -2.20. The molecule has 4 atom stereocenters. The van der Waals surface area contributed by atoms with E-state index < -0.39 is 24.6 Å². The Morgan fingerprint density at radius 1 is 1.13 bits per heavy atom. The molecule has 1 saturated heterocycles. The Kier molecular flexibility index (Phi) is 11.0. The normalized spacial score (nSPS) is 27.1.